The first-order valence-corrected chi connectivity index (χ1v) is 9.35. The van der Waals surface area contributed by atoms with Crippen molar-refractivity contribution in [3.05, 3.63) is 35.6 Å². The number of benzene rings is 1. The zero-order chi connectivity index (χ0) is 17.8. The van der Waals surface area contributed by atoms with Crippen LogP contribution in [-0.4, -0.2) is 62.3 Å². The highest BCUT2D eigenvalue weighted by atomic mass is 32.2. The molecule has 130 valence electrons. The molecule has 0 fully saturated rings. The summed E-state index contributed by atoms with van der Waals surface area (Å²) in [6.45, 7) is 3.93. The third-order valence-electron chi connectivity index (χ3n) is 4.19. The average Bonchev–Trinajstić information content (AvgIpc) is 2.46. The Kier molecular flexibility index (Phi) is 6.70. The lowest BCUT2D eigenvalue weighted by Crippen LogP contribution is -2.46. The van der Waals surface area contributed by atoms with Gasteiger partial charge in [0.15, 0.2) is 9.84 Å². The Bertz CT molecular complexity index is 631. The highest BCUT2D eigenvalue weighted by Crippen LogP contribution is 2.11. The topological polar surface area (TPSA) is 57.7 Å². The van der Waals surface area contributed by atoms with Crippen LogP contribution in [0.3, 0.4) is 0 Å². The molecule has 0 N–H and O–H groups in total. The molecule has 0 aliphatic heterocycles. The molecule has 0 aliphatic carbocycles. The molecule has 0 aliphatic rings. The molecule has 5 nitrogen and oxygen atoms in total. The van der Waals surface area contributed by atoms with Crippen LogP contribution in [0.2, 0.25) is 0 Å². The predicted molar refractivity (Wildman–Crippen MR) is 89.3 cm³/mol. The molecule has 0 radical (unpaired) electrons. The van der Waals surface area contributed by atoms with Gasteiger partial charge in [0, 0.05) is 25.9 Å². The minimum absolute atomic E-state index is 0.121. The van der Waals surface area contributed by atoms with Crippen molar-refractivity contribution in [1.29, 1.82) is 0 Å². The number of rotatable bonds is 7. The van der Waals surface area contributed by atoms with Gasteiger partial charge < -0.3 is 4.90 Å². The minimum Gasteiger partial charge on any atom is -0.340 e. The van der Waals surface area contributed by atoms with Gasteiger partial charge in [-0.3, -0.25) is 9.69 Å². The van der Waals surface area contributed by atoms with Gasteiger partial charge in [-0.15, -0.1) is 0 Å². The van der Waals surface area contributed by atoms with Crippen LogP contribution in [0.4, 0.5) is 4.39 Å². The van der Waals surface area contributed by atoms with Crippen molar-refractivity contribution in [1.82, 2.24) is 9.80 Å². The number of carbonyl (C=O) groups is 1. The number of halogens is 1. The normalized spacial score (nSPS) is 14.6. The summed E-state index contributed by atoms with van der Waals surface area (Å²) in [6, 6.07) is 5.72. The minimum atomic E-state index is -3.16. The van der Waals surface area contributed by atoms with Crippen molar-refractivity contribution in [2.45, 2.75) is 31.7 Å². The van der Waals surface area contributed by atoms with Crippen LogP contribution in [0.15, 0.2) is 24.3 Å². The average molecular weight is 344 g/mol. The summed E-state index contributed by atoms with van der Waals surface area (Å²) < 4.78 is 36.1. The smallest absolute Gasteiger partial charge is 0.236 e. The summed E-state index contributed by atoms with van der Waals surface area (Å²) in [7, 11) is 0.245. The van der Waals surface area contributed by atoms with Gasteiger partial charge in [-0.05, 0) is 38.6 Å². The summed E-state index contributed by atoms with van der Waals surface area (Å²) in [5.74, 6) is -0.435. The maximum Gasteiger partial charge on any atom is 0.236 e. The van der Waals surface area contributed by atoms with Crippen molar-refractivity contribution >= 4 is 15.7 Å². The van der Waals surface area contributed by atoms with Crippen LogP contribution in [0.5, 0.6) is 0 Å². The number of likely N-dealkylation sites (N-methyl/N-ethyl adjacent to an activating group) is 2. The summed E-state index contributed by atoms with van der Waals surface area (Å²) in [5, 5.41) is -0.553. The third kappa shape index (κ3) is 5.91. The maximum absolute atomic E-state index is 12.9. The molecular formula is C16H25FN2O3S. The summed E-state index contributed by atoms with van der Waals surface area (Å²) in [6.07, 6.45) is 1.20. The number of amides is 1. The van der Waals surface area contributed by atoms with E-state index in [1.165, 1.54) is 18.4 Å². The fourth-order valence-corrected chi connectivity index (χ4v) is 3.07. The molecule has 1 aromatic rings. The Balaban J connectivity index is 2.62. The molecular weight excluding hydrogens is 319 g/mol. The van der Waals surface area contributed by atoms with Crippen LogP contribution in [0.25, 0.3) is 0 Å². The van der Waals surface area contributed by atoms with Gasteiger partial charge in [-0.25, -0.2) is 12.8 Å². The van der Waals surface area contributed by atoms with E-state index in [2.05, 4.69) is 0 Å². The van der Waals surface area contributed by atoms with E-state index in [4.69, 9.17) is 0 Å². The van der Waals surface area contributed by atoms with Crippen molar-refractivity contribution in [2.24, 2.45) is 0 Å². The van der Waals surface area contributed by atoms with Gasteiger partial charge in [0.2, 0.25) is 5.91 Å². The third-order valence-corrected chi connectivity index (χ3v) is 5.94. The van der Waals surface area contributed by atoms with Gasteiger partial charge in [0.1, 0.15) is 5.82 Å². The van der Waals surface area contributed by atoms with E-state index in [-0.39, 0.29) is 24.3 Å². The van der Waals surface area contributed by atoms with E-state index >= 15 is 0 Å². The number of hydrogen-bond acceptors (Lipinski definition) is 4. The number of carbonyl (C=O) groups excluding carboxylic acids is 1. The first-order chi connectivity index (χ1) is 10.5. The zero-order valence-corrected chi connectivity index (χ0v) is 15.1. The lowest BCUT2D eigenvalue weighted by molar-refractivity contribution is -0.131. The number of nitrogens with zero attached hydrogens (tertiary/aromatic N) is 2. The molecule has 7 heteroatoms. The summed E-state index contributed by atoms with van der Waals surface area (Å²) in [4.78, 5) is 15.5. The van der Waals surface area contributed by atoms with E-state index < -0.39 is 15.1 Å². The van der Waals surface area contributed by atoms with Gasteiger partial charge >= 0.3 is 0 Å². The second-order valence-electron chi connectivity index (χ2n) is 6.07. The SMILES string of the molecule is C[C@H]([C@H](C)N(C)CC(=O)N(C)Cc1ccc(F)cc1)S(C)(=O)=O. The molecule has 1 amide bonds. The Morgan fingerprint density at radius 2 is 1.70 bits per heavy atom. The van der Waals surface area contributed by atoms with E-state index in [1.807, 2.05) is 0 Å². The van der Waals surface area contributed by atoms with Crippen LogP contribution in [-0.2, 0) is 21.2 Å². The monoisotopic (exact) mass is 344 g/mol. The van der Waals surface area contributed by atoms with E-state index in [0.717, 1.165) is 5.56 Å². The fourth-order valence-electron chi connectivity index (χ4n) is 2.15. The molecule has 0 saturated carbocycles. The summed E-state index contributed by atoms with van der Waals surface area (Å²) in [5.41, 5.74) is 0.836. The molecule has 0 bridgehead atoms. The Hall–Kier alpha value is -1.47. The van der Waals surface area contributed by atoms with E-state index in [9.17, 15) is 17.6 Å². The molecule has 0 saturated heterocycles. The highest BCUT2D eigenvalue weighted by molar-refractivity contribution is 7.91. The maximum atomic E-state index is 12.9. The molecule has 1 rings (SSSR count). The lowest BCUT2D eigenvalue weighted by atomic mass is 10.2. The van der Waals surface area contributed by atoms with Gasteiger partial charge in [-0.2, -0.15) is 0 Å². The van der Waals surface area contributed by atoms with Gasteiger partial charge in [0.25, 0.3) is 0 Å². The fraction of sp³-hybridized carbons (Fsp3) is 0.562. The molecule has 23 heavy (non-hydrogen) atoms. The molecule has 1 aromatic carbocycles. The predicted octanol–water partition coefficient (Wildman–Crippen LogP) is 1.54. The van der Waals surface area contributed by atoms with Crippen molar-refractivity contribution in [3.63, 3.8) is 0 Å². The van der Waals surface area contributed by atoms with Crippen molar-refractivity contribution in [3.8, 4) is 0 Å². The molecule has 0 aromatic heterocycles. The second kappa shape index (κ2) is 7.88. The largest absolute Gasteiger partial charge is 0.340 e. The standard InChI is InChI=1S/C16H25FN2O3S/c1-12(13(2)23(5,21)22)18(3)11-16(20)19(4)10-14-6-8-15(17)9-7-14/h6-9,12-13H,10-11H2,1-5H3/t12-,13+/m0/s1. The molecule has 2 atom stereocenters. The Labute approximate surface area is 138 Å². The van der Waals surface area contributed by atoms with Gasteiger partial charge in [-0.1, -0.05) is 12.1 Å². The Morgan fingerprint density at radius 1 is 1.17 bits per heavy atom. The zero-order valence-electron chi connectivity index (χ0n) is 14.3. The number of hydrogen-bond donors (Lipinski definition) is 0. The quantitative estimate of drug-likeness (QED) is 0.753. The van der Waals surface area contributed by atoms with Crippen LogP contribution >= 0.6 is 0 Å². The van der Waals surface area contributed by atoms with Crippen molar-refractivity contribution in [2.75, 3.05) is 26.9 Å². The first kappa shape index (κ1) is 19.6. The van der Waals surface area contributed by atoms with Crippen LogP contribution in [0.1, 0.15) is 19.4 Å². The second-order valence-corrected chi connectivity index (χ2v) is 8.47. The van der Waals surface area contributed by atoms with E-state index in [0.29, 0.717) is 6.54 Å². The van der Waals surface area contributed by atoms with Crippen LogP contribution in [0, 0.1) is 5.82 Å². The first-order valence-electron chi connectivity index (χ1n) is 7.40. The summed E-state index contributed by atoms with van der Waals surface area (Å²) >= 11 is 0. The Morgan fingerprint density at radius 3 is 2.17 bits per heavy atom. The molecule has 0 spiro atoms. The molecule has 0 heterocycles. The van der Waals surface area contributed by atoms with E-state index in [1.54, 1.807) is 49.9 Å². The van der Waals surface area contributed by atoms with Crippen LogP contribution < -0.4 is 0 Å². The van der Waals surface area contributed by atoms with Crippen molar-refractivity contribution < 1.29 is 17.6 Å². The highest BCUT2D eigenvalue weighted by Gasteiger charge is 2.26. The number of sulfone groups is 1. The van der Waals surface area contributed by atoms with Gasteiger partial charge in [0.05, 0.1) is 11.8 Å². The molecule has 0 unspecified atom stereocenters. The lowest BCUT2D eigenvalue weighted by Gasteiger charge is -2.29.